The van der Waals surface area contributed by atoms with Gasteiger partial charge >= 0.3 is 0 Å². The number of nitrogens with zero attached hydrogens (tertiary/aromatic N) is 2. The Morgan fingerprint density at radius 1 is 1.00 bits per heavy atom. The summed E-state index contributed by atoms with van der Waals surface area (Å²) in [7, 11) is 0. The monoisotopic (exact) mass is 188 g/mol. The third-order valence-electron chi connectivity index (χ3n) is 0.789. The predicted molar refractivity (Wildman–Crippen MR) is 47.0 cm³/mol. The Kier molecular flexibility index (Phi) is 9.32. The highest BCUT2D eigenvalue weighted by molar-refractivity contribution is 8.03. The van der Waals surface area contributed by atoms with Gasteiger partial charge in [-0.1, -0.05) is 0 Å². The average Bonchev–Trinajstić information content (AvgIpc) is 2.03. The van der Waals surface area contributed by atoms with Crippen LogP contribution in [0, 0.1) is 21.3 Å². The van der Waals surface area contributed by atoms with E-state index in [0.29, 0.717) is 24.7 Å². The highest BCUT2D eigenvalue weighted by Crippen LogP contribution is 1.97. The van der Waals surface area contributed by atoms with E-state index in [1.807, 2.05) is 10.8 Å². The second kappa shape index (κ2) is 9.64. The van der Waals surface area contributed by atoms with Crippen molar-refractivity contribution in [3.05, 3.63) is 0 Å². The molecular weight excluding hydrogens is 180 g/mol. The van der Waals surface area contributed by atoms with Gasteiger partial charge in [0, 0.05) is 11.5 Å². The largest absolute Gasteiger partial charge is 0.380 e. The highest BCUT2D eigenvalue weighted by atomic mass is 32.2. The van der Waals surface area contributed by atoms with Crippen molar-refractivity contribution in [1.29, 1.82) is 10.5 Å². The lowest BCUT2D eigenvalue weighted by Gasteiger charge is -1.97. The zero-order chi connectivity index (χ0) is 8.36. The van der Waals surface area contributed by atoms with Crippen LogP contribution < -0.4 is 0 Å². The van der Waals surface area contributed by atoms with Crippen molar-refractivity contribution >= 4 is 23.5 Å². The van der Waals surface area contributed by atoms with Gasteiger partial charge in [0.15, 0.2) is 0 Å². The highest BCUT2D eigenvalue weighted by Gasteiger charge is 1.88. The van der Waals surface area contributed by atoms with Crippen LogP contribution in [0.4, 0.5) is 0 Å². The fourth-order valence-electron chi connectivity index (χ4n) is 0.395. The van der Waals surface area contributed by atoms with E-state index in [0.717, 1.165) is 0 Å². The van der Waals surface area contributed by atoms with Crippen molar-refractivity contribution in [1.82, 2.24) is 0 Å². The number of nitriles is 2. The van der Waals surface area contributed by atoms with Gasteiger partial charge in [-0.15, -0.1) is 0 Å². The first-order valence-corrected chi connectivity index (χ1v) is 4.98. The summed E-state index contributed by atoms with van der Waals surface area (Å²) in [4.78, 5) is 0. The molecule has 0 aromatic rings. The molecule has 0 aromatic carbocycles. The van der Waals surface area contributed by atoms with Gasteiger partial charge in [-0.25, -0.2) is 0 Å². The van der Waals surface area contributed by atoms with E-state index < -0.39 is 0 Å². The molecule has 0 rings (SSSR count). The van der Waals surface area contributed by atoms with Crippen LogP contribution in [0.15, 0.2) is 0 Å². The van der Waals surface area contributed by atoms with Crippen molar-refractivity contribution in [3.8, 4) is 10.8 Å². The van der Waals surface area contributed by atoms with Crippen molar-refractivity contribution in [3.63, 3.8) is 0 Å². The van der Waals surface area contributed by atoms with Gasteiger partial charge in [-0.3, -0.25) is 0 Å². The molecule has 5 heteroatoms. The molecule has 3 nitrogen and oxygen atoms in total. The summed E-state index contributed by atoms with van der Waals surface area (Å²) in [6.45, 7) is 1.18. The molecule has 0 aliphatic rings. The maximum atomic E-state index is 8.12. The lowest BCUT2D eigenvalue weighted by atomic mass is 10.8. The van der Waals surface area contributed by atoms with Crippen LogP contribution in [0.5, 0.6) is 0 Å². The summed E-state index contributed by atoms with van der Waals surface area (Å²) in [6, 6.07) is 0. The molecule has 0 atom stereocenters. The van der Waals surface area contributed by atoms with Crippen LogP contribution in [0.3, 0.4) is 0 Å². The van der Waals surface area contributed by atoms with Crippen molar-refractivity contribution < 1.29 is 4.74 Å². The lowest BCUT2D eigenvalue weighted by molar-refractivity contribution is 0.167. The van der Waals surface area contributed by atoms with E-state index in [-0.39, 0.29) is 0 Å². The van der Waals surface area contributed by atoms with E-state index in [1.54, 1.807) is 0 Å². The molecule has 0 aromatic heterocycles. The smallest absolute Gasteiger partial charge is 0.133 e. The van der Waals surface area contributed by atoms with E-state index in [2.05, 4.69) is 0 Å². The van der Waals surface area contributed by atoms with Gasteiger partial charge in [-0.05, 0) is 23.5 Å². The van der Waals surface area contributed by atoms with Crippen LogP contribution in [-0.4, -0.2) is 24.7 Å². The molecule has 0 heterocycles. The van der Waals surface area contributed by atoms with E-state index in [4.69, 9.17) is 15.3 Å². The van der Waals surface area contributed by atoms with Crippen LogP contribution in [-0.2, 0) is 4.74 Å². The third kappa shape index (κ3) is 9.64. The number of thioether (sulfide) groups is 2. The molecule has 0 saturated heterocycles. The summed E-state index contributed by atoms with van der Waals surface area (Å²) in [6.07, 6.45) is 0. The molecule has 0 bridgehead atoms. The number of hydrogen-bond donors (Lipinski definition) is 0. The maximum absolute atomic E-state index is 8.12. The van der Waals surface area contributed by atoms with Crippen LogP contribution >= 0.6 is 23.5 Å². The Balaban J connectivity index is 2.82. The van der Waals surface area contributed by atoms with E-state index >= 15 is 0 Å². The van der Waals surface area contributed by atoms with Gasteiger partial charge < -0.3 is 4.74 Å². The first-order valence-electron chi connectivity index (χ1n) is 3.01. The van der Waals surface area contributed by atoms with Crippen LogP contribution in [0.2, 0.25) is 0 Å². The summed E-state index contributed by atoms with van der Waals surface area (Å²) < 4.78 is 5.09. The van der Waals surface area contributed by atoms with Crippen molar-refractivity contribution in [2.75, 3.05) is 24.7 Å². The topological polar surface area (TPSA) is 56.8 Å². The second-order valence-electron chi connectivity index (χ2n) is 1.49. The van der Waals surface area contributed by atoms with E-state index in [9.17, 15) is 0 Å². The molecule has 0 amide bonds. The third-order valence-corrected chi connectivity index (χ3v) is 1.79. The SMILES string of the molecule is N#CSCCOCCSC#N. The Bertz CT molecular complexity index is 143. The summed E-state index contributed by atoms with van der Waals surface area (Å²) in [5, 5.41) is 20.1. The average molecular weight is 188 g/mol. The molecule has 0 aliphatic heterocycles. The Hall–Kier alpha value is -0.360. The Morgan fingerprint density at radius 3 is 1.82 bits per heavy atom. The Morgan fingerprint density at radius 2 is 1.45 bits per heavy atom. The number of rotatable bonds is 6. The Labute approximate surface area is 74.7 Å². The van der Waals surface area contributed by atoms with Gasteiger partial charge in [0.05, 0.1) is 13.2 Å². The standard InChI is InChI=1S/C6H8N2OS2/c7-5-10-3-1-9-2-4-11-6-8/h1-4H2. The minimum atomic E-state index is 0.588. The van der Waals surface area contributed by atoms with E-state index in [1.165, 1.54) is 23.5 Å². The minimum absolute atomic E-state index is 0.588. The first-order chi connectivity index (χ1) is 5.41. The maximum Gasteiger partial charge on any atom is 0.133 e. The fraction of sp³-hybridized carbons (Fsp3) is 0.667. The summed E-state index contributed by atoms with van der Waals surface area (Å²) >= 11 is 2.36. The minimum Gasteiger partial charge on any atom is -0.380 e. The second-order valence-corrected chi connectivity index (χ2v) is 3.25. The molecular formula is C6H8N2OS2. The molecule has 0 saturated carbocycles. The summed E-state index contributed by atoms with van der Waals surface area (Å²) in [5.74, 6) is 1.40. The zero-order valence-corrected chi connectivity index (χ0v) is 7.58. The fourth-order valence-corrected chi connectivity index (χ4v) is 0.979. The molecule has 0 radical (unpaired) electrons. The van der Waals surface area contributed by atoms with Crippen LogP contribution in [0.1, 0.15) is 0 Å². The lowest BCUT2D eigenvalue weighted by Crippen LogP contribution is -2.00. The molecule has 0 unspecified atom stereocenters. The number of thiocyanates is 2. The zero-order valence-electron chi connectivity index (χ0n) is 5.95. The van der Waals surface area contributed by atoms with Gasteiger partial charge in [-0.2, -0.15) is 10.5 Å². The first kappa shape index (κ1) is 10.6. The van der Waals surface area contributed by atoms with Crippen molar-refractivity contribution in [2.45, 2.75) is 0 Å². The van der Waals surface area contributed by atoms with Gasteiger partial charge in [0.1, 0.15) is 10.8 Å². The molecule has 0 N–H and O–H groups in total. The predicted octanol–water partition coefficient (Wildman–Crippen LogP) is 1.43. The molecule has 0 fully saturated rings. The van der Waals surface area contributed by atoms with Gasteiger partial charge in [0.25, 0.3) is 0 Å². The normalized spacial score (nSPS) is 8.55. The number of hydrogen-bond acceptors (Lipinski definition) is 5. The summed E-state index contributed by atoms with van der Waals surface area (Å²) in [5.41, 5.74) is 0. The molecule has 0 aliphatic carbocycles. The molecule has 11 heavy (non-hydrogen) atoms. The molecule has 0 spiro atoms. The van der Waals surface area contributed by atoms with Crippen LogP contribution in [0.25, 0.3) is 0 Å². The quantitative estimate of drug-likeness (QED) is 0.466. The van der Waals surface area contributed by atoms with Gasteiger partial charge in [0.2, 0.25) is 0 Å². The molecule has 60 valence electrons. The van der Waals surface area contributed by atoms with Crippen molar-refractivity contribution in [2.24, 2.45) is 0 Å². The number of ether oxygens (including phenoxy) is 1.